The Morgan fingerprint density at radius 1 is 1.60 bits per heavy atom. The third-order valence-electron chi connectivity index (χ3n) is 1.68. The topological polar surface area (TPSA) is 66.4 Å². The third-order valence-corrected chi connectivity index (χ3v) is 2.41. The van der Waals surface area contributed by atoms with Crippen LogP contribution < -0.4 is 0 Å². The van der Waals surface area contributed by atoms with Gasteiger partial charge in [0.05, 0.1) is 5.56 Å². The fourth-order valence-electron chi connectivity index (χ4n) is 0.957. The van der Waals surface area contributed by atoms with Crippen LogP contribution >= 0.6 is 11.6 Å². The summed E-state index contributed by atoms with van der Waals surface area (Å²) in [6, 6.07) is 4.57. The van der Waals surface area contributed by atoms with Crippen molar-refractivity contribution in [3.05, 3.63) is 34.3 Å². The molecule has 1 unspecified atom stereocenters. The summed E-state index contributed by atoms with van der Waals surface area (Å²) >= 11 is 3.37. The Morgan fingerprint density at radius 2 is 2.27 bits per heavy atom. The van der Waals surface area contributed by atoms with Gasteiger partial charge in [-0.2, -0.15) is 0 Å². The molecule has 0 N–H and O–H groups in total. The van der Waals surface area contributed by atoms with Crippen LogP contribution in [0.2, 0.25) is 5.02 Å². The van der Waals surface area contributed by atoms with Crippen LogP contribution in [0.25, 0.3) is 0 Å². The van der Waals surface area contributed by atoms with Crippen LogP contribution in [0.15, 0.2) is 18.2 Å². The van der Waals surface area contributed by atoms with E-state index in [-0.39, 0.29) is 5.56 Å². The maximum absolute atomic E-state index is 11.3. The van der Waals surface area contributed by atoms with E-state index >= 15 is 0 Å². The second-order valence-electron chi connectivity index (χ2n) is 2.82. The van der Waals surface area contributed by atoms with Crippen molar-refractivity contribution in [2.75, 3.05) is 5.94 Å². The van der Waals surface area contributed by atoms with Crippen molar-refractivity contribution in [3.8, 4) is 0 Å². The second-order valence-corrected chi connectivity index (χ2v) is 4.07. The Labute approximate surface area is 94.5 Å². The molecule has 0 bridgehead atoms. The molecule has 0 aliphatic carbocycles. The van der Waals surface area contributed by atoms with Gasteiger partial charge in [0.1, 0.15) is 0 Å². The van der Waals surface area contributed by atoms with E-state index in [0.717, 1.165) is 5.56 Å². The molecular formula is C9H8ClO4S-. The number of rotatable bonds is 3. The normalized spacial score (nSPS) is 12.2. The molecule has 0 saturated heterocycles. The Kier molecular flexibility index (Phi) is 4.26. The van der Waals surface area contributed by atoms with Gasteiger partial charge in [0.15, 0.2) is 5.94 Å². The molecule has 1 rings (SSSR count). The van der Waals surface area contributed by atoms with Gasteiger partial charge in [0.2, 0.25) is 0 Å². The first-order valence-electron chi connectivity index (χ1n) is 4.00. The molecule has 0 fully saturated rings. The smallest absolute Gasteiger partial charge is 0.339 e. The van der Waals surface area contributed by atoms with Crippen molar-refractivity contribution < 1.29 is 18.3 Å². The second kappa shape index (κ2) is 5.25. The summed E-state index contributed by atoms with van der Waals surface area (Å²) in [6.45, 7) is 1.74. The maximum Gasteiger partial charge on any atom is 0.339 e. The molecule has 4 nitrogen and oxygen atoms in total. The number of benzene rings is 1. The van der Waals surface area contributed by atoms with Gasteiger partial charge in [-0.25, -0.2) is 4.79 Å². The van der Waals surface area contributed by atoms with Crippen molar-refractivity contribution in [2.45, 2.75) is 6.92 Å². The van der Waals surface area contributed by atoms with E-state index in [4.69, 9.17) is 11.6 Å². The maximum atomic E-state index is 11.3. The summed E-state index contributed by atoms with van der Waals surface area (Å²) in [7, 11) is 0. The minimum absolute atomic E-state index is 0.280. The predicted molar refractivity (Wildman–Crippen MR) is 55.4 cm³/mol. The van der Waals surface area contributed by atoms with Crippen LogP contribution in [0.1, 0.15) is 15.9 Å². The van der Waals surface area contributed by atoms with E-state index in [1.54, 1.807) is 19.1 Å². The number of carbonyl (C=O) groups excluding carboxylic acids is 1. The fourth-order valence-corrected chi connectivity index (χ4v) is 1.28. The van der Waals surface area contributed by atoms with Gasteiger partial charge in [-0.3, -0.25) is 4.21 Å². The average Bonchev–Trinajstić information content (AvgIpc) is 2.18. The number of hydrogen-bond acceptors (Lipinski definition) is 4. The molecule has 6 heteroatoms. The molecule has 82 valence electrons. The van der Waals surface area contributed by atoms with Gasteiger partial charge >= 0.3 is 5.97 Å². The van der Waals surface area contributed by atoms with E-state index in [1.807, 2.05) is 0 Å². The van der Waals surface area contributed by atoms with Gasteiger partial charge in [-0.05, 0) is 41.8 Å². The molecule has 0 radical (unpaired) electrons. The molecule has 1 aromatic rings. The standard InChI is InChI=1S/C9H9ClO4S/c1-6-4-7(2-3-8(6)10)9(11)14-5-15(12)13/h2-4H,5H2,1H3,(H,12,13)/p-1. The van der Waals surface area contributed by atoms with Crippen LogP contribution in [-0.4, -0.2) is 20.7 Å². The quantitative estimate of drug-likeness (QED) is 0.602. The summed E-state index contributed by atoms with van der Waals surface area (Å²) in [5, 5.41) is 0.541. The van der Waals surface area contributed by atoms with Crippen LogP contribution in [0.4, 0.5) is 0 Å². The molecule has 0 amide bonds. The molecular weight excluding hydrogens is 240 g/mol. The lowest BCUT2D eigenvalue weighted by Gasteiger charge is -2.07. The molecule has 0 heterocycles. The highest BCUT2D eigenvalue weighted by molar-refractivity contribution is 7.78. The monoisotopic (exact) mass is 247 g/mol. The number of halogens is 1. The summed E-state index contributed by atoms with van der Waals surface area (Å²) in [5.74, 6) is -1.32. The van der Waals surface area contributed by atoms with Crippen molar-refractivity contribution in [2.24, 2.45) is 0 Å². The largest absolute Gasteiger partial charge is 0.770 e. The SMILES string of the molecule is Cc1cc(C(=O)OCS(=O)[O-])ccc1Cl. The minimum atomic E-state index is -2.39. The van der Waals surface area contributed by atoms with E-state index in [2.05, 4.69) is 4.74 Å². The average molecular weight is 248 g/mol. The molecule has 1 aromatic carbocycles. The van der Waals surface area contributed by atoms with E-state index in [9.17, 15) is 13.6 Å². The lowest BCUT2D eigenvalue weighted by Crippen LogP contribution is -2.09. The van der Waals surface area contributed by atoms with Gasteiger partial charge in [-0.15, -0.1) is 0 Å². The molecule has 0 aliphatic heterocycles. The first kappa shape index (κ1) is 12.2. The minimum Gasteiger partial charge on any atom is -0.770 e. The zero-order valence-electron chi connectivity index (χ0n) is 7.86. The lowest BCUT2D eigenvalue weighted by atomic mass is 10.1. The van der Waals surface area contributed by atoms with E-state index < -0.39 is 23.0 Å². The summed E-state index contributed by atoms with van der Waals surface area (Å²) in [4.78, 5) is 11.3. The Bertz CT molecular complexity index is 405. The Morgan fingerprint density at radius 3 is 2.80 bits per heavy atom. The van der Waals surface area contributed by atoms with Crippen LogP contribution in [0.3, 0.4) is 0 Å². The highest BCUT2D eigenvalue weighted by atomic mass is 35.5. The van der Waals surface area contributed by atoms with E-state index in [1.165, 1.54) is 6.07 Å². The number of hydrogen-bond donors (Lipinski definition) is 0. The number of ether oxygens (including phenoxy) is 1. The number of aryl methyl sites for hydroxylation is 1. The van der Waals surface area contributed by atoms with Crippen LogP contribution in [0, 0.1) is 6.92 Å². The highest BCUT2D eigenvalue weighted by Gasteiger charge is 2.08. The van der Waals surface area contributed by atoms with Crippen molar-refractivity contribution >= 4 is 28.7 Å². The van der Waals surface area contributed by atoms with Gasteiger partial charge in [0.25, 0.3) is 0 Å². The summed E-state index contributed by atoms with van der Waals surface area (Å²) < 4.78 is 24.8. The van der Waals surface area contributed by atoms with Crippen LogP contribution in [0.5, 0.6) is 0 Å². The predicted octanol–water partition coefficient (Wildman–Crippen LogP) is 1.64. The zero-order valence-corrected chi connectivity index (χ0v) is 9.43. The number of esters is 1. The van der Waals surface area contributed by atoms with Crippen molar-refractivity contribution in [1.82, 2.24) is 0 Å². The fraction of sp³-hybridized carbons (Fsp3) is 0.222. The molecule has 0 saturated carbocycles. The van der Waals surface area contributed by atoms with Gasteiger partial charge in [0, 0.05) is 5.02 Å². The first-order valence-corrected chi connectivity index (χ1v) is 5.62. The molecule has 0 spiro atoms. The highest BCUT2D eigenvalue weighted by Crippen LogP contribution is 2.16. The summed E-state index contributed by atoms with van der Waals surface area (Å²) in [5.41, 5.74) is 1.01. The Hall–Kier alpha value is -0.910. The Balaban J connectivity index is 2.74. The van der Waals surface area contributed by atoms with E-state index in [0.29, 0.717) is 5.02 Å². The third kappa shape index (κ3) is 3.62. The number of carbonyl (C=O) groups is 1. The van der Waals surface area contributed by atoms with Gasteiger partial charge in [-0.1, -0.05) is 11.6 Å². The molecule has 1 atom stereocenters. The molecule has 0 aliphatic rings. The van der Waals surface area contributed by atoms with Gasteiger partial charge < -0.3 is 9.29 Å². The first-order chi connectivity index (χ1) is 7.00. The van der Waals surface area contributed by atoms with Crippen molar-refractivity contribution in [3.63, 3.8) is 0 Å². The molecule has 0 aromatic heterocycles. The summed E-state index contributed by atoms with van der Waals surface area (Å²) in [6.07, 6.45) is 0. The molecule has 15 heavy (non-hydrogen) atoms. The van der Waals surface area contributed by atoms with Crippen molar-refractivity contribution in [1.29, 1.82) is 0 Å². The van der Waals surface area contributed by atoms with Crippen LogP contribution in [-0.2, 0) is 15.8 Å². The zero-order chi connectivity index (χ0) is 11.4. The lowest BCUT2D eigenvalue weighted by molar-refractivity contribution is 0.0569.